The van der Waals surface area contributed by atoms with Crippen LogP contribution in [0.5, 0.6) is 0 Å². The normalized spacial score (nSPS) is 16.3. The molecule has 0 aromatic heterocycles. The summed E-state index contributed by atoms with van der Waals surface area (Å²) in [5, 5.41) is 2.86. The summed E-state index contributed by atoms with van der Waals surface area (Å²) in [6.45, 7) is 2.11. The first-order valence-electron chi connectivity index (χ1n) is 7.89. The van der Waals surface area contributed by atoms with Crippen LogP contribution in [0, 0.1) is 0 Å². The molecule has 0 radical (unpaired) electrons. The monoisotopic (exact) mass is 336 g/mol. The summed E-state index contributed by atoms with van der Waals surface area (Å²) in [5.41, 5.74) is 1.72. The number of sulfonamides is 1. The van der Waals surface area contributed by atoms with Gasteiger partial charge in [0.05, 0.1) is 11.9 Å². The number of nitrogens with zero attached hydrogens (tertiary/aromatic N) is 1. The van der Waals surface area contributed by atoms with E-state index in [2.05, 4.69) is 11.4 Å². The van der Waals surface area contributed by atoms with E-state index < -0.39 is 16.1 Å². The Bertz CT molecular complexity index is 668. The van der Waals surface area contributed by atoms with Crippen LogP contribution in [0.25, 0.3) is 0 Å². The SMILES string of the molecule is C[C@H](C(=O)NCC1=CCCCC1)N(c1ccccc1)S(C)(=O)=O. The Morgan fingerprint density at radius 1 is 1.26 bits per heavy atom. The number of benzene rings is 1. The van der Waals surface area contributed by atoms with E-state index in [0.29, 0.717) is 12.2 Å². The molecule has 0 heterocycles. The average molecular weight is 336 g/mol. The van der Waals surface area contributed by atoms with Crippen molar-refractivity contribution >= 4 is 21.6 Å². The topological polar surface area (TPSA) is 66.5 Å². The Balaban J connectivity index is 2.09. The largest absolute Gasteiger partial charge is 0.351 e. The molecule has 23 heavy (non-hydrogen) atoms. The predicted molar refractivity (Wildman–Crippen MR) is 92.8 cm³/mol. The van der Waals surface area contributed by atoms with Gasteiger partial charge in [-0.25, -0.2) is 8.42 Å². The summed E-state index contributed by atoms with van der Waals surface area (Å²) in [7, 11) is -3.55. The lowest BCUT2D eigenvalue weighted by Crippen LogP contribution is -2.48. The molecule has 2 rings (SSSR count). The second kappa shape index (κ2) is 7.64. The number of nitrogens with one attached hydrogen (secondary N) is 1. The molecule has 1 aromatic carbocycles. The summed E-state index contributed by atoms with van der Waals surface area (Å²) in [6.07, 6.45) is 7.69. The Morgan fingerprint density at radius 3 is 2.52 bits per heavy atom. The molecule has 1 aliphatic rings. The van der Waals surface area contributed by atoms with Gasteiger partial charge in [-0.15, -0.1) is 0 Å². The van der Waals surface area contributed by atoms with Crippen LogP contribution >= 0.6 is 0 Å². The fourth-order valence-corrected chi connectivity index (χ4v) is 3.97. The van der Waals surface area contributed by atoms with Crippen LogP contribution in [-0.2, 0) is 14.8 Å². The van der Waals surface area contributed by atoms with E-state index in [4.69, 9.17) is 0 Å². The van der Waals surface area contributed by atoms with Gasteiger partial charge in [0.1, 0.15) is 6.04 Å². The zero-order valence-electron chi connectivity index (χ0n) is 13.7. The molecule has 1 N–H and O–H groups in total. The first kappa shape index (κ1) is 17.5. The van der Waals surface area contributed by atoms with E-state index in [1.165, 1.54) is 12.0 Å². The molecule has 5 nitrogen and oxygen atoms in total. The smallest absolute Gasteiger partial charge is 0.243 e. The summed E-state index contributed by atoms with van der Waals surface area (Å²) < 4.78 is 25.4. The van der Waals surface area contributed by atoms with Gasteiger partial charge in [-0.3, -0.25) is 9.10 Å². The van der Waals surface area contributed by atoms with Crippen LogP contribution in [0.2, 0.25) is 0 Å². The quantitative estimate of drug-likeness (QED) is 0.812. The lowest BCUT2D eigenvalue weighted by atomic mass is 10.00. The van der Waals surface area contributed by atoms with E-state index in [0.717, 1.165) is 29.8 Å². The van der Waals surface area contributed by atoms with Crippen molar-refractivity contribution in [2.75, 3.05) is 17.1 Å². The number of allylic oxidation sites excluding steroid dienone is 1. The molecule has 1 aromatic rings. The van der Waals surface area contributed by atoms with E-state index in [1.807, 2.05) is 6.07 Å². The zero-order valence-corrected chi connectivity index (χ0v) is 14.5. The van der Waals surface area contributed by atoms with Crippen molar-refractivity contribution < 1.29 is 13.2 Å². The Morgan fingerprint density at radius 2 is 1.96 bits per heavy atom. The highest BCUT2D eigenvalue weighted by atomic mass is 32.2. The summed E-state index contributed by atoms with van der Waals surface area (Å²) in [5.74, 6) is -0.286. The van der Waals surface area contributed by atoms with Gasteiger partial charge >= 0.3 is 0 Å². The number of carbonyl (C=O) groups excluding carboxylic acids is 1. The third-order valence-electron chi connectivity index (χ3n) is 3.97. The highest BCUT2D eigenvalue weighted by molar-refractivity contribution is 7.92. The number of hydrogen-bond donors (Lipinski definition) is 1. The molecule has 0 saturated heterocycles. The predicted octanol–water partition coefficient (Wildman–Crippen LogP) is 2.46. The van der Waals surface area contributed by atoms with Crippen molar-refractivity contribution in [2.24, 2.45) is 0 Å². The summed E-state index contributed by atoms with van der Waals surface area (Å²) >= 11 is 0. The van der Waals surface area contributed by atoms with Crippen molar-refractivity contribution in [1.29, 1.82) is 0 Å². The van der Waals surface area contributed by atoms with Gasteiger partial charge in [-0.1, -0.05) is 29.8 Å². The molecular weight excluding hydrogens is 312 g/mol. The number of carbonyl (C=O) groups is 1. The standard InChI is InChI=1S/C17H24N2O3S/c1-14(17(20)18-13-15-9-5-3-6-10-15)19(23(2,21)22)16-11-7-4-8-12-16/h4,7-9,11-12,14H,3,5-6,10,13H2,1-2H3,(H,18,20)/t14-/m1/s1. The fraction of sp³-hybridized carbons (Fsp3) is 0.471. The van der Waals surface area contributed by atoms with Gasteiger partial charge in [-0.2, -0.15) is 0 Å². The zero-order chi connectivity index (χ0) is 16.9. The third-order valence-corrected chi connectivity index (χ3v) is 5.22. The van der Waals surface area contributed by atoms with Crippen LogP contribution in [0.4, 0.5) is 5.69 Å². The molecule has 6 heteroatoms. The maximum absolute atomic E-state index is 12.4. The van der Waals surface area contributed by atoms with E-state index in [-0.39, 0.29) is 5.91 Å². The van der Waals surface area contributed by atoms with Crippen LogP contribution in [0.15, 0.2) is 42.0 Å². The van der Waals surface area contributed by atoms with Crippen molar-refractivity contribution in [2.45, 2.75) is 38.6 Å². The minimum absolute atomic E-state index is 0.286. The van der Waals surface area contributed by atoms with Crippen LogP contribution in [0.1, 0.15) is 32.6 Å². The molecule has 1 aliphatic carbocycles. The van der Waals surface area contributed by atoms with Gasteiger partial charge in [-0.05, 0) is 44.7 Å². The highest BCUT2D eigenvalue weighted by Crippen LogP contribution is 2.20. The van der Waals surface area contributed by atoms with Gasteiger partial charge in [0, 0.05) is 6.54 Å². The minimum Gasteiger partial charge on any atom is -0.351 e. The van der Waals surface area contributed by atoms with Crippen LogP contribution < -0.4 is 9.62 Å². The summed E-state index contributed by atoms with van der Waals surface area (Å²) in [4.78, 5) is 12.4. The Kier molecular flexibility index (Phi) is 5.82. The van der Waals surface area contributed by atoms with Gasteiger partial charge in [0.15, 0.2) is 0 Å². The molecule has 0 saturated carbocycles. The molecular formula is C17H24N2O3S. The van der Waals surface area contributed by atoms with Crippen LogP contribution in [-0.4, -0.2) is 33.2 Å². The van der Waals surface area contributed by atoms with Crippen molar-refractivity contribution in [3.05, 3.63) is 42.0 Å². The van der Waals surface area contributed by atoms with E-state index in [1.54, 1.807) is 31.2 Å². The van der Waals surface area contributed by atoms with Crippen LogP contribution in [0.3, 0.4) is 0 Å². The number of hydrogen-bond acceptors (Lipinski definition) is 3. The van der Waals surface area contributed by atoms with Crippen molar-refractivity contribution in [3.63, 3.8) is 0 Å². The fourth-order valence-electron chi connectivity index (χ4n) is 2.80. The third kappa shape index (κ3) is 4.82. The summed E-state index contributed by atoms with van der Waals surface area (Å²) in [6, 6.07) is 7.90. The molecule has 126 valence electrons. The Labute approximate surface area is 138 Å². The molecule has 0 fully saturated rings. The lowest BCUT2D eigenvalue weighted by Gasteiger charge is -2.28. The number of anilines is 1. The maximum Gasteiger partial charge on any atom is 0.243 e. The highest BCUT2D eigenvalue weighted by Gasteiger charge is 2.28. The second-order valence-corrected chi connectivity index (χ2v) is 7.76. The average Bonchev–Trinajstić information content (AvgIpc) is 2.53. The Hall–Kier alpha value is -1.82. The first-order chi connectivity index (χ1) is 10.9. The molecule has 1 atom stereocenters. The number of para-hydroxylation sites is 1. The van der Waals surface area contributed by atoms with Crippen molar-refractivity contribution in [1.82, 2.24) is 5.32 Å². The minimum atomic E-state index is -3.55. The van der Waals surface area contributed by atoms with E-state index in [9.17, 15) is 13.2 Å². The number of amides is 1. The maximum atomic E-state index is 12.4. The molecule has 1 amide bonds. The molecule has 0 aliphatic heterocycles. The van der Waals surface area contributed by atoms with Gasteiger partial charge < -0.3 is 5.32 Å². The molecule has 0 unspecified atom stereocenters. The first-order valence-corrected chi connectivity index (χ1v) is 9.74. The number of rotatable bonds is 6. The lowest BCUT2D eigenvalue weighted by molar-refractivity contribution is -0.121. The van der Waals surface area contributed by atoms with Gasteiger partial charge in [0.2, 0.25) is 15.9 Å². The molecule has 0 spiro atoms. The van der Waals surface area contributed by atoms with Crippen molar-refractivity contribution in [3.8, 4) is 0 Å². The van der Waals surface area contributed by atoms with E-state index >= 15 is 0 Å². The second-order valence-electron chi connectivity index (χ2n) is 5.90. The molecule has 0 bridgehead atoms. The van der Waals surface area contributed by atoms with Gasteiger partial charge in [0.25, 0.3) is 0 Å².